The molecule has 0 radical (unpaired) electrons. The zero-order valence-electron chi connectivity index (χ0n) is 23.2. The van der Waals surface area contributed by atoms with Gasteiger partial charge < -0.3 is 24.1 Å². The van der Waals surface area contributed by atoms with E-state index in [1.165, 1.54) is 18.4 Å². The third kappa shape index (κ3) is 7.02. The highest BCUT2D eigenvalue weighted by Gasteiger charge is 2.34. The average molecular weight is 546 g/mol. The molecule has 0 spiro atoms. The highest BCUT2D eigenvalue weighted by Crippen LogP contribution is 2.38. The van der Waals surface area contributed by atoms with E-state index in [1.807, 2.05) is 53.4 Å². The highest BCUT2D eigenvalue weighted by molar-refractivity contribution is 5.75. The van der Waals surface area contributed by atoms with Gasteiger partial charge >= 0.3 is 5.97 Å². The minimum absolute atomic E-state index is 0.182. The summed E-state index contributed by atoms with van der Waals surface area (Å²) in [5, 5.41) is 10.2. The second-order valence-corrected chi connectivity index (χ2v) is 10.6. The third-order valence-corrected chi connectivity index (χ3v) is 7.87. The SMILES string of the molecule is COc1ccc2c(c1OCCc1ccccc1)CC(C(=O)O)N(COCC(OC1CCCC1)c1ccccc1)C2. The van der Waals surface area contributed by atoms with Crippen molar-refractivity contribution >= 4 is 5.97 Å². The van der Waals surface area contributed by atoms with Gasteiger partial charge in [0.15, 0.2) is 11.5 Å². The lowest BCUT2D eigenvalue weighted by atomic mass is 9.93. The van der Waals surface area contributed by atoms with E-state index in [0.29, 0.717) is 37.7 Å². The molecule has 1 aliphatic carbocycles. The molecule has 0 amide bonds. The third-order valence-electron chi connectivity index (χ3n) is 7.87. The first-order valence-electron chi connectivity index (χ1n) is 14.2. The lowest BCUT2D eigenvalue weighted by Gasteiger charge is -2.35. The number of hydrogen-bond donors (Lipinski definition) is 1. The van der Waals surface area contributed by atoms with Crippen LogP contribution < -0.4 is 9.47 Å². The molecule has 5 rings (SSSR count). The maximum atomic E-state index is 12.4. The minimum Gasteiger partial charge on any atom is -0.493 e. The van der Waals surface area contributed by atoms with Crippen LogP contribution in [0, 0.1) is 0 Å². The van der Waals surface area contributed by atoms with Crippen molar-refractivity contribution < 1.29 is 28.8 Å². The second kappa shape index (κ2) is 13.8. The van der Waals surface area contributed by atoms with Gasteiger partial charge in [-0.1, -0.05) is 79.6 Å². The zero-order chi connectivity index (χ0) is 27.7. The summed E-state index contributed by atoms with van der Waals surface area (Å²) in [6.07, 6.45) is 5.68. The molecule has 212 valence electrons. The molecule has 7 nitrogen and oxygen atoms in total. The number of fused-ring (bicyclic) bond motifs is 1. The van der Waals surface area contributed by atoms with Crippen LogP contribution in [0.4, 0.5) is 0 Å². The van der Waals surface area contributed by atoms with Crippen LogP contribution >= 0.6 is 0 Å². The monoisotopic (exact) mass is 545 g/mol. The lowest BCUT2D eigenvalue weighted by molar-refractivity contribution is -0.148. The largest absolute Gasteiger partial charge is 0.493 e. The van der Waals surface area contributed by atoms with E-state index in [4.69, 9.17) is 18.9 Å². The molecule has 0 bridgehead atoms. The Hall–Kier alpha value is -3.39. The molecule has 2 unspecified atom stereocenters. The molecule has 7 heteroatoms. The van der Waals surface area contributed by atoms with Crippen LogP contribution in [0.25, 0.3) is 0 Å². The molecular weight excluding hydrogens is 506 g/mol. The van der Waals surface area contributed by atoms with Gasteiger partial charge in [0.25, 0.3) is 0 Å². The molecule has 3 aromatic rings. The number of benzene rings is 3. The lowest BCUT2D eigenvalue weighted by Crippen LogP contribution is -2.46. The summed E-state index contributed by atoms with van der Waals surface area (Å²) in [5.74, 6) is 0.376. The summed E-state index contributed by atoms with van der Waals surface area (Å²) in [6.45, 7) is 1.49. The van der Waals surface area contributed by atoms with Gasteiger partial charge in [0.1, 0.15) is 18.9 Å². The first-order chi connectivity index (χ1) is 19.6. The molecule has 0 aromatic heterocycles. The Labute approximate surface area is 236 Å². The molecule has 2 aliphatic rings. The number of aliphatic carboxylic acids is 1. The number of rotatable bonds is 13. The minimum atomic E-state index is -0.880. The Bertz CT molecular complexity index is 1230. The number of carbonyl (C=O) groups is 1. The van der Waals surface area contributed by atoms with Crippen molar-refractivity contribution in [1.82, 2.24) is 4.90 Å². The van der Waals surface area contributed by atoms with E-state index >= 15 is 0 Å². The summed E-state index contributed by atoms with van der Waals surface area (Å²) in [4.78, 5) is 14.3. The first-order valence-corrected chi connectivity index (χ1v) is 14.2. The molecular formula is C33H39NO6. The number of nitrogens with zero attached hydrogens (tertiary/aromatic N) is 1. The summed E-state index contributed by atoms with van der Waals surface area (Å²) >= 11 is 0. The van der Waals surface area contributed by atoms with Gasteiger partial charge in [0.05, 0.1) is 26.4 Å². The summed E-state index contributed by atoms with van der Waals surface area (Å²) in [6, 6.07) is 23.5. The van der Waals surface area contributed by atoms with Crippen molar-refractivity contribution in [3.8, 4) is 11.5 Å². The Kier molecular flexibility index (Phi) is 9.71. The molecule has 1 fully saturated rings. The van der Waals surface area contributed by atoms with Crippen molar-refractivity contribution in [2.24, 2.45) is 0 Å². The van der Waals surface area contributed by atoms with E-state index in [2.05, 4.69) is 24.3 Å². The molecule has 1 heterocycles. The van der Waals surface area contributed by atoms with Gasteiger partial charge in [0, 0.05) is 24.9 Å². The van der Waals surface area contributed by atoms with Gasteiger partial charge in [-0.25, -0.2) is 0 Å². The van der Waals surface area contributed by atoms with Crippen molar-refractivity contribution in [3.63, 3.8) is 0 Å². The smallest absolute Gasteiger partial charge is 0.321 e. The Morgan fingerprint density at radius 3 is 2.42 bits per heavy atom. The van der Waals surface area contributed by atoms with Crippen LogP contribution in [0.3, 0.4) is 0 Å². The predicted molar refractivity (Wildman–Crippen MR) is 153 cm³/mol. The van der Waals surface area contributed by atoms with Crippen LogP contribution in [0.15, 0.2) is 72.8 Å². The number of methoxy groups -OCH3 is 1. The van der Waals surface area contributed by atoms with Crippen molar-refractivity contribution in [1.29, 1.82) is 0 Å². The summed E-state index contributed by atoms with van der Waals surface area (Å²) in [7, 11) is 1.61. The molecule has 3 aromatic carbocycles. The van der Waals surface area contributed by atoms with Gasteiger partial charge in [-0.3, -0.25) is 9.69 Å². The Balaban J connectivity index is 1.26. The van der Waals surface area contributed by atoms with E-state index in [-0.39, 0.29) is 18.9 Å². The molecule has 0 saturated heterocycles. The van der Waals surface area contributed by atoms with E-state index in [0.717, 1.165) is 36.0 Å². The van der Waals surface area contributed by atoms with Gasteiger partial charge in [-0.05, 0) is 35.6 Å². The molecule has 1 aliphatic heterocycles. The molecule has 40 heavy (non-hydrogen) atoms. The quantitative estimate of drug-likeness (QED) is 0.291. The normalized spacial score (nSPS) is 18.3. The standard InChI is InChI=1S/C33H39NO6/c1-37-30-17-16-26-21-34(23-38-22-31(25-12-6-3-7-13-25)40-27-14-8-9-15-27)29(33(35)36)20-28(26)32(30)39-19-18-24-10-4-2-5-11-24/h2-7,10-13,16-17,27,29,31H,8-9,14-15,18-23H2,1H3,(H,35,36). The first kappa shape index (κ1) is 28.1. The second-order valence-electron chi connectivity index (χ2n) is 10.6. The van der Waals surface area contributed by atoms with Crippen LogP contribution in [0.1, 0.15) is 54.0 Å². The zero-order valence-corrected chi connectivity index (χ0v) is 23.2. The fourth-order valence-electron chi connectivity index (χ4n) is 5.70. The number of ether oxygens (including phenoxy) is 4. The van der Waals surface area contributed by atoms with Gasteiger partial charge in [-0.15, -0.1) is 0 Å². The summed E-state index contributed by atoms with van der Waals surface area (Å²) in [5.41, 5.74) is 4.18. The maximum Gasteiger partial charge on any atom is 0.321 e. The molecule has 1 saturated carbocycles. The fourth-order valence-corrected chi connectivity index (χ4v) is 5.70. The molecule has 2 atom stereocenters. The van der Waals surface area contributed by atoms with E-state index < -0.39 is 12.0 Å². The number of hydrogen-bond acceptors (Lipinski definition) is 6. The van der Waals surface area contributed by atoms with Crippen LogP contribution in [0.5, 0.6) is 11.5 Å². The Morgan fingerprint density at radius 2 is 1.73 bits per heavy atom. The average Bonchev–Trinajstić information content (AvgIpc) is 3.50. The fraction of sp³-hybridized carbons (Fsp3) is 0.424. The van der Waals surface area contributed by atoms with Crippen molar-refractivity contribution in [3.05, 3.63) is 95.1 Å². The number of carboxylic acid groups (broad SMARTS) is 1. The van der Waals surface area contributed by atoms with Crippen molar-refractivity contribution in [2.75, 3.05) is 27.1 Å². The van der Waals surface area contributed by atoms with Gasteiger partial charge in [0.2, 0.25) is 0 Å². The summed E-state index contributed by atoms with van der Waals surface area (Å²) < 4.78 is 24.4. The highest BCUT2D eigenvalue weighted by atomic mass is 16.5. The Morgan fingerprint density at radius 1 is 1.00 bits per heavy atom. The topological polar surface area (TPSA) is 77.5 Å². The molecule has 1 N–H and O–H groups in total. The van der Waals surface area contributed by atoms with Gasteiger partial charge in [-0.2, -0.15) is 0 Å². The van der Waals surface area contributed by atoms with Crippen molar-refractivity contribution in [2.45, 2.75) is 63.3 Å². The van der Waals surface area contributed by atoms with Crippen LogP contribution in [-0.2, 0) is 33.7 Å². The maximum absolute atomic E-state index is 12.4. The van der Waals surface area contributed by atoms with Crippen LogP contribution in [0.2, 0.25) is 0 Å². The predicted octanol–water partition coefficient (Wildman–Crippen LogP) is 5.80. The van der Waals surface area contributed by atoms with E-state index in [9.17, 15) is 9.90 Å². The van der Waals surface area contributed by atoms with E-state index in [1.54, 1.807) is 7.11 Å². The van der Waals surface area contributed by atoms with Crippen LogP contribution in [-0.4, -0.2) is 55.2 Å². The number of carboxylic acids is 1.